The largest absolute Gasteiger partial charge is 0.497 e. The maximum atomic E-state index is 12.4. The molecule has 3 rings (SSSR count). The minimum Gasteiger partial charge on any atom is -0.497 e. The first-order valence-corrected chi connectivity index (χ1v) is 8.21. The van der Waals surface area contributed by atoms with Crippen LogP contribution in [0.4, 0.5) is 5.69 Å². The summed E-state index contributed by atoms with van der Waals surface area (Å²) >= 11 is 0. The summed E-state index contributed by atoms with van der Waals surface area (Å²) < 4.78 is 7.06. The molecule has 1 N–H and O–H groups in total. The van der Waals surface area contributed by atoms with E-state index in [0.29, 0.717) is 24.7 Å². The number of aromatic nitrogens is 3. The highest BCUT2D eigenvalue weighted by atomic mass is 16.5. The van der Waals surface area contributed by atoms with Crippen LogP contribution in [0.5, 0.6) is 5.75 Å². The highest BCUT2D eigenvalue weighted by Crippen LogP contribution is 2.27. The van der Waals surface area contributed by atoms with Crippen molar-refractivity contribution in [1.29, 1.82) is 0 Å². The van der Waals surface area contributed by atoms with Gasteiger partial charge in [-0.3, -0.25) is 9.59 Å². The van der Waals surface area contributed by atoms with Gasteiger partial charge < -0.3 is 19.5 Å². The molecule has 25 heavy (non-hydrogen) atoms. The van der Waals surface area contributed by atoms with E-state index in [2.05, 4.69) is 15.5 Å². The lowest BCUT2D eigenvalue weighted by molar-refractivity contribution is -0.126. The van der Waals surface area contributed by atoms with Gasteiger partial charge in [-0.2, -0.15) is 0 Å². The molecule has 1 aromatic heterocycles. The van der Waals surface area contributed by atoms with E-state index in [1.165, 1.54) is 0 Å². The standard InChI is InChI=1S/C17H21N5O3/c1-3-21-11-19-20-15(21)9-18-17(24)12-7-16(23)22(10-12)13-5-4-6-14(8-13)25-2/h4-6,8,11-12H,3,7,9-10H2,1-2H3,(H,18,24)/t12-/m0/s1. The molecule has 1 aromatic carbocycles. The maximum Gasteiger partial charge on any atom is 0.227 e. The molecule has 0 unspecified atom stereocenters. The number of ether oxygens (including phenoxy) is 1. The highest BCUT2D eigenvalue weighted by Gasteiger charge is 2.35. The molecule has 0 radical (unpaired) electrons. The third-order valence-electron chi connectivity index (χ3n) is 4.32. The van der Waals surface area contributed by atoms with Crippen LogP contribution < -0.4 is 15.0 Å². The Morgan fingerprint density at radius 3 is 3.04 bits per heavy atom. The van der Waals surface area contributed by atoms with Crippen molar-refractivity contribution in [1.82, 2.24) is 20.1 Å². The summed E-state index contributed by atoms with van der Waals surface area (Å²) in [6.07, 6.45) is 1.83. The van der Waals surface area contributed by atoms with Crippen molar-refractivity contribution >= 4 is 17.5 Å². The zero-order valence-electron chi connectivity index (χ0n) is 14.3. The van der Waals surface area contributed by atoms with Crippen molar-refractivity contribution in [3.63, 3.8) is 0 Å². The van der Waals surface area contributed by atoms with E-state index in [1.54, 1.807) is 24.4 Å². The molecule has 1 atom stereocenters. The number of rotatable bonds is 6. The molecule has 1 aliphatic heterocycles. The van der Waals surface area contributed by atoms with Gasteiger partial charge >= 0.3 is 0 Å². The van der Waals surface area contributed by atoms with E-state index in [4.69, 9.17) is 4.74 Å². The van der Waals surface area contributed by atoms with E-state index < -0.39 is 0 Å². The number of hydrogen-bond acceptors (Lipinski definition) is 5. The van der Waals surface area contributed by atoms with Crippen molar-refractivity contribution in [2.75, 3.05) is 18.6 Å². The van der Waals surface area contributed by atoms with E-state index in [0.717, 1.165) is 12.2 Å². The van der Waals surface area contributed by atoms with Gasteiger partial charge in [-0.15, -0.1) is 10.2 Å². The first kappa shape index (κ1) is 16.9. The van der Waals surface area contributed by atoms with Crippen molar-refractivity contribution in [2.24, 2.45) is 5.92 Å². The number of carbonyl (C=O) groups is 2. The highest BCUT2D eigenvalue weighted by molar-refractivity contribution is 6.00. The SMILES string of the molecule is CCn1cnnc1CNC(=O)[C@H]1CC(=O)N(c2cccc(OC)c2)C1. The number of nitrogens with one attached hydrogen (secondary N) is 1. The lowest BCUT2D eigenvalue weighted by Gasteiger charge is -2.17. The summed E-state index contributed by atoms with van der Waals surface area (Å²) in [6, 6.07) is 7.27. The third kappa shape index (κ3) is 3.62. The monoisotopic (exact) mass is 343 g/mol. The molecule has 0 aliphatic carbocycles. The van der Waals surface area contributed by atoms with Gasteiger partial charge in [0, 0.05) is 31.3 Å². The molecule has 2 heterocycles. The predicted molar refractivity (Wildman–Crippen MR) is 91.0 cm³/mol. The van der Waals surface area contributed by atoms with Crippen LogP contribution in [0.3, 0.4) is 0 Å². The number of aryl methyl sites for hydroxylation is 1. The fourth-order valence-electron chi connectivity index (χ4n) is 2.90. The Morgan fingerprint density at radius 1 is 1.44 bits per heavy atom. The van der Waals surface area contributed by atoms with Crippen molar-refractivity contribution < 1.29 is 14.3 Å². The van der Waals surface area contributed by atoms with Gasteiger partial charge in [0.25, 0.3) is 0 Å². The molecule has 2 amide bonds. The van der Waals surface area contributed by atoms with E-state index in [9.17, 15) is 9.59 Å². The Kier molecular flexibility index (Phi) is 4.97. The Bertz CT molecular complexity index is 773. The fraction of sp³-hybridized carbons (Fsp3) is 0.412. The summed E-state index contributed by atoms with van der Waals surface area (Å²) in [5, 5.41) is 10.7. The smallest absolute Gasteiger partial charge is 0.227 e. The Hall–Kier alpha value is -2.90. The van der Waals surface area contributed by atoms with Gasteiger partial charge in [0.15, 0.2) is 5.82 Å². The topological polar surface area (TPSA) is 89.3 Å². The zero-order chi connectivity index (χ0) is 17.8. The number of anilines is 1. The van der Waals surface area contributed by atoms with Crippen molar-refractivity contribution in [3.05, 3.63) is 36.4 Å². The average Bonchev–Trinajstić information content (AvgIpc) is 3.25. The van der Waals surface area contributed by atoms with E-state index >= 15 is 0 Å². The van der Waals surface area contributed by atoms with Crippen LogP contribution in [0.15, 0.2) is 30.6 Å². The van der Waals surface area contributed by atoms with Crippen molar-refractivity contribution in [2.45, 2.75) is 26.4 Å². The summed E-state index contributed by atoms with van der Waals surface area (Å²) in [5.41, 5.74) is 0.741. The molecule has 1 aliphatic rings. The summed E-state index contributed by atoms with van der Waals surface area (Å²) in [6.45, 7) is 3.38. The zero-order valence-corrected chi connectivity index (χ0v) is 14.3. The number of benzene rings is 1. The predicted octanol–water partition coefficient (Wildman–Crippen LogP) is 0.976. The molecule has 1 saturated heterocycles. The number of nitrogens with zero attached hydrogens (tertiary/aromatic N) is 4. The second kappa shape index (κ2) is 7.33. The molecule has 0 bridgehead atoms. The summed E-state index contributed by atoms with van der Waals surface area (Å²) in [4.78, 5) is 26.3. The fourth-order valence-corrected chi connectivity index (χ4v) is 2.90. The van der Waals surface area contributed by atoms with Gasteiger partial charge in [0.2, 0.25) is 11.8 Å². The van der Waals surface area contributed by atoms with E-state index in [1.807, 2.05) is 29.7 Å². The van der Waals surface area contributed by atoms with Crippen LogP contribution in [0, 0.1) is 5.92 Å². The molecular formula is C17H21N5O3. The number of amides is 2. The maximum absolute atomic E-state index is 12.4. The molecule has 132 valence electrons. The normalized spacial score (nSPS) is 17.0. The number of methoxy groups -OCH3 is 1. The minimum absolute atomic E-state index is 0.0647. The second-order valence-corrected chi connectivity index (χ2v) is 5.86. The lowest BCUT2D eigenvalue weighted by atomic mass is 10.1. The Morgan fingerprint density at radius 2 is 2.28 bits per heavy atom. The molecular weight excluding hydrogens is 322 g/mol. The third-order valence-corrected chi connectivity index (χ3v) is 4.32. The number of hydrogen-bond donors (Lipinski definition) is 1. The van der Waals surface area contributed by atoms with Gasteiger partial charge in [-0.25, -0.2) is 0 Å². The van der Waals surface area contributed by atoms with Crippen LogP contribution in [-0.4, -0.2) is 40.2 Å². The average molecular weight is 343 g/mol. The van der Waals surface area contributed by atoms with Crippen LogP contribution in [-0.2, 0) is 22.7 Å². The molecule has 0 spiro atoms. The molecule has 8 heteroatoms. The van der Waals surface area contributed by atoms with Crippen LogP contribution in [0.1, 0.15) is 19.2 Å². The quantitative estimate of drug-likeness (QED) is 0.844. The summed E-state index contributed by atoms with van der Waals surface area (Å²) in [7, 11) is 1.58. The minimum atomic E-state index is -0.378. The first-order valence-electron chi connectivity index (χ1n) is 8.21. The van der Waals surface area contributed by atoms with Gasteiger partial charge in [-0.1, -0.05) is 6.07 Å². The molecule has 0 saturated carbocycles. The van der Waals surface area contributed by atoms with Crippen molar-refractivity contribution in [3.8, 4) is 5.75 Å². The first-order chi connectivity index (χ1) is 12.1. The van der Waals surface area contributed by atoms with Crippen LogP contribution >= 0.6 is 0 Å². The van der Waals surface area contributed by atoms with Crippen LogP contribution in [0.2, 0.25) is 0 Å². The summed E-state index contributed by atoms with van der Waals surface area (Å²) in [5.74, 6) is 0.785. The van der Waals surface area contributed by atoms with E-state index in [-0.39, 0.29) is 24.2 Å². The second-order valence-electron chi connectivity index (χ2n) is 5.86. The molecule has 2 aromatic rings. The molecule has 8 nitrogen and oxygen atoms in total. The van der Waals surface area contributed by atoms with Crippen LogP contribution in [0.25, 0.3) is 0 Å². The number of carbonyl (C=O) groups excluding carboxylic acids is 2. The Balaban J connectivity index is 1.62. The lowest BCUT2D eigenvalue weighted by Crippen LogP contribution is -2.33. The van der Waals surface area contributed by atoms with Gasteiger partial charge in [0.1, 0.15) is 12.1 Å². The van der Waals surface area contributed by atoms with Gasteiger partial charge in [-0.05, 0) is 19.1 Å². The molecule has 1 fully saturated rings. The Labute approximate surface area is 145 Å². The van der Waals surface area contributed by atoms with Gasteiger partial charge in [0.05, 0.1) is 19.6 Å².